The number of furan rings is 1. The lowest BCUT2D eigenvalue weighted by Crippen LogP contribution is -2.25. The van der Waals surface area contributed by atoms with Crippen LogP contribution in [0.5, 0.6) is 0 Å². The third-order valence-electron chi connectivity index (χ3n) is 2.39. The number of carbonyl (C=O) groups is 1. The summed E-state index contributed by atoms with van der Waals surface area (Å²) >= 11 is 5.85. The van der Waals surface area contributed by atoms with Crippen LogP contribution in [0.4, 0.5) is 0 Å². The van der Waals surface area contributed by atoms with Crippen molar-refractivity contribution in [2.45, 2.75) is 6.54 Å². The van der Waals surface area contributed by atoms with Crippen LogP contribution in [0.1, 0.15) is 16.1 Å². The molecule has 0 saturated heterocycles. The van der Waals surface area contributed by atoms with Gasteiger partial charge in [-0.1, -0.05) is 17.7 Å². The van der Waals surface area contributed by atoms with E-state index >= 15 is 0 Å². The Morgan fingerprint density at radius 1 is 1.35 bits per heavy atom. The predicted octanol–water partition coefficient (Wildman–Crippen LogP) is 3.21. The van der Waals surface area contributed by atoms with Gasteiger partial charge in [0, 0.05) is 17.6 Å². The Hall–Kier alpha value is -1.74. The fourth-order valence-electron chi connectivity index (χ4n) is 1.55. The number of halogens is 1. The van der Waals surface area contributed by atoms with Crippen LogP contribution in [0.25, 0.3) is 0 Å². The maximum absolute atomic E-state index is 12.0. The van der Waals surface area contributed by atoms with E-state index in [1.807, 2.05) is 6.07 Å². The highest BCUT2D eigenvalue weighted by molar-refractivity contribution is 6.30. The summed E-state index contributed by atoms with van der Waals surface area (Å²) in [7, 11) is 1.73. The summed E-state index contributed by atoms with van der Waals surface area (Å²) in [6, 6.07) is 10.5. The second kappa shape index (κ2) is 5.06. The van der Waals surface area contributed by atoms with Crippen molar-refractivity contribution >= 4 is 17.5 Å². The minimum Gasteiger partial charge on any atom is -0.467 e. The largest absolute Gasteiger partial charge is 0.467 e. The molecule has 0 atom stereocenters. The highest BCUT2D eigenvalue weighted by Crippen LogP contribution is 2.13. The summed E-state index contributed by atoms with van der Waals surface area (Å²) < 4.78 is 5.19. The van der Waals surface area contributed by atoms with Crippen LogP contribution in [0.2, 0.25) is 5.02 Å². The molecule has 0 bridgehead atoms. The molecule has 1 aromatic carbocycles. The van der Waals surface area contributed by atoms with E-state index in [0.717, 1.165) is 5.76 Å². The van der Waals surface area contributed by atoms with Gasteiger partial charge in [-0.2, -0.15) is 0 Å². The Morgan fingerprint density at radius 2 is 2.18 bits per heavy atom. The molecule has 1 aromatic heterocycles. The molecule has 1 heterocycles. The highest BCUT2D eigenvalue weighted by Gasteiger charge is 2.13. The maximum Gasteiger partial charge on any atom is 0.254 e. The van der Waals surface area contributed by atoms with Gasteiger partial charge in [0.05, 0.1) is 12.8 Å². The van der Waals surface area contributed by atoms with E-state index in [4.69, 9.17) is 16.0 Å². The van der Waals surface area contributed by atoms with Crippen molar-refractivity contribution in [2.75, 3.05) is 7.05 Å². The van der Waals surface area contributed by atoms with Crippen LogP contribution in [-0.4, -0.2) is 17.9 Å². The summed E-state index contributed by atoms with van der Waals surface area (Å²) in [5.41, 5.74) is 0.576. The third kappa shape index (κ3) is 2.88. The highest BCUT2D eigenvalue weighted by atomic mass is 35.5. The molecule has 0 fully saturated rings. The number of carbonyl (C=O) groups excluding carboxylic acids is 1. The Balaban J connectivity index is 2.09. The van der Waals surface area contributed by atoms with Gasteiger partial charge in [-0.25, -0.2) is 0 Å². The average Bonchev–Trinajstić information content (AvgIpc) is 2.80. The van der Waals surface area contributed by atoms with E-state index < -0.39 is 0 Å². The zero-order chi connectivity index (χ0) is 12.3. The van der Waals surface area contributed by atoms with Crippen molar-refractivity contribution in [1.82, 2.24) is 4.90 Å². The minimum absolute atomic E-state index is 0.0797. The molecular weight excluding hydrogens is 238 g/mol. The molecule has 1 amide bonds. The summed E-state index contributed by atoms with van der Waals surface area (Å²) in [6.45, 7) is 0.443. The smallest absolute Gasteiger partial charge is 0.254 e. The second-order valence-electron chi connectivity index (χ2n) is 3.75. The topological polar surface area (TPSA) is 33.5 Å². The molecule has 0 radical (unpaired) electrons. The lowest BCUT2D eigenvalue weighted by atomic mass is 10.2. The molecule has 0 aliphatic carbocycles. The van der Waals surface area contributed by atoms with Gasteiger partial charge in [-0.05, 0) is 30.3 Å². The molecule has 0 spiro atoms. The number of amides is 1. The molecule has 0 aliphatic heterocycles. The monoisotopic (exact) mass is 249 g/mol. The first kappa shape index (κ1) is 11.7. The van der Waals surface area contributed by atoms with Gasteiger partial charge in [0.15, 0.2) is 0 Å². The van der Waals surface area contributed by atoms with Crippen molar-refractivity contribution in [2.24, 2.45) is 0 Å². The zero-order valence-corrected chi connectivity index (χ0v) is 10.1. The summed E-state index contributed by atoms with van der Waals surface area (Å²) in [5.74, 6) is 0.673. The Bertz CT molecular complexity index is 508. The quantitative estimate of drug-likeness (QED) is 0.837. The van der Waals surface area contributed by atoms with Crippen molar-refractivity contribution in [1.29, 1.82) is 0 Å². The van der Waals surface area contributed by atoms with Crippen LogP contribution < -0.4 is 0 Å². The molecule has 88 valence electrons. The van der Waals surface area contributed by atoms with Gasteiger partial charge in [-0.3, -0.25) is 4.79 Å². The lowest BCUT2D eigenvalue weighted by molar-refractivity contribution is 0.0775. The molecule has 17 heavy (non-hydrogen) atoms. The van der Waals surface area contributed by atoms with Gasteiger partial charge >= 0.3 is 0 Å². The average molecular weight is 250 g/mol. The fraction of sp³-hybridized carbons (Fsp3) is 0.154. The molecule has 2 rings (SSSR count). The summed E-state index contributed by atoms with van der Waals surface area (Å²) in [6.07, 6.45) is 1.59. The second-order valence-corrected chi connectivity index (χ2v) is 4.19. The molecule has 0 aliphatic rings. The molecule has 0 N–H and O–H groups in total. The van der Waals surface area contributed by atoms with Crippen LogP contribution in [0, 0.1) is 0 Å². The number of hydrogen-bond acceptors (Lipinski definition) is 2. The standard InChI is InChI=1S/C13H12ClNO2/c1-15(9-12-6-3-7-17-12)13(16)10-4-2-5-11(14)8-10/h2-8H,9H2,1H3. The first-order valence-corrected chi connectivity index (χ1v) is 5.58. The minimum atomic E-state index is -0.0797. The van der Waals surface area contributed by atoms with Crippen molar-refractivity contribution < 1.29 is 9.21 Å². The van der Waals surface area contributed by atoms with E-state index in [-0.39, 0.29) is 5.91 Å². The van der Waals surface area contributed by atoms with Crippen molar-refractivity contribution in [3.63, 3.8) is 0 Å². The Kier molecular flexibility index (Phi) is 3.49. The van der Waals surface area contributed by atoms with Crippen LogP contribution in [-0.2, 0) is 6.54 Å². The summed E-state index contributed by atoms with van der Waals surface area (Å²) in [5, 5.41) is 0.558. The molecule has 0 unspecified atom stereocenters. The predicted molar refractivity (Wildman–Crippen MR) is 66.0 cm³/mol. The van der Waals surface area contributed by atoms with Crippen molar-refractivity contribution in [3.8, 4) is 0 Å². The van der Waals surface area contributed by atoms with Crippen LogP contribution in [0.15, 0.2) is 47.1 Å². The zero-order valence-electron chi connectivity index (χ0n) is 9.39. The Labute approximate surface area is 105 Å². The van der Waals surface area contributed by atoms with Gasteiger partial charge in [0.1, 0.15) is 5.76 Å². The molecule has 3 nitrogen and oxygen atoms in total. The summed E-state index contributed by atoms with van der Waals surface area (Å²) in [4.78, 5) is 13.6. The molecule has 2 aromatic rings. The van der Waals surface area contributed by atoms with Crippen LogP contribution in [0.3, 0.4) is 0 Å². The first-order valence-electron chi connectivity index (χ1n) is 5.20. The molecule has 4 heteroatoms. The van der Waals surface area contributed by atoms with Crippen LogP contribution >= 0.6 is 11.6 Å². The number of rotatable bonds is 3. The fourth-order valence-corrected chi connectivity index (χ4v) is 1.74. The first-order chi connectivity index (χ1) is 8.16. The number of nitrogens with zero attached hydrogens (tertiary/aromatic N) is 1. The molecule has 0 saturated carbocycles. The van der Waals surface area contributed by atoms with Gasteiger partial charge in [-0.15, -0.1) is 0 Å². The van der Waals surface area contributed by atoms with Gasteiger partial charge in [0.25, 0.3) is 5.91 Å². The Morgan fingerprint density at radius 3 is 2.82 bits per heavy atom. The molecular formula is C13H12ClNO2. The van der Waals surface area contributed by atoms with E-state index in [2.05, 4.69) is 0 Å². The lowest BCUT2D eigenvalue weighted by Gasteiger charge is -2.15. The normalized spacial score (nSPS) is 10.2. The maximum atomic E-state index is 12.0. The van der Waals surface area contributed by atoms with E-state index in [1.165, 1.54) is 0 Å². The third-order valence-corrected chi connectivity index (χ3v) is 2.63. The number of hydrogen-bond donors (Lipinski definition) is 0. The number of benzene rings is 1. The van der Waals surface area contributed by atoms with Gasteiger partial charge < -0.3 is 9.32 Å². The van der Waals surface area contributed by atoms with E-state index in [1.54, 1.807) is 48.5 Å². The van der Waals surface area contributed by atoms with Crippen molar-refractivity contribution in [3.05, 3.63) is 59.0 Å². The van der Waals surface area contributed by atoms with Gasteiger partial charge in [0.2, 0.25) is 0 Å². The SMILES string of the molecule is CN(Cc1ccco1)C(=O)c1cccc(Cl)c1. The van der Waals surface area contributed by atoms with E-state index in [0.29, 0.717) is 17.1 Å². The van der Waals surface area contributed by atoms with E-state index in [9.17, 15) is 4.79 Å².